The standard InChI is InChI=1S/C10H23N3O2S/c1-4-10(7-11)16(14,15)13-6-5-12(3)9(2)8-13/h9-10H,4-8,11H2,1-3H3. The van der Waals surface area contributed by atoms with Crippen molar-refractivity contribution in [2.24, 2.45) is 5.73 Å². The summed E-state index contributed by atoms with van der Waals surface area (Å²) in [6.07, 6.45) is 0.583. The molecule has 1 aliphatic heterocycles. The van der Waals surface area contributed by atoms with Crippen LogP contribution in [0.4, 0.5) is 0 Å². The van der Waals surface area contributed by atoms with Gasteiger partial charge < -0.3 is 10.6 Å². The number of hydrogen-bond donors (Lipinski definition) is 1. The average molecular weight is 249 g/mol. The van der Waals surface area contributed by atoms with E-state index in [4.69, 9.17) is 5.73 Å². The lowest BCUT2D eigenvalue weighted by Gasteiger charge is -2.38. The molecule has 0 bridgehead atoms. The van der Waals surface area contributed by atoms with Gasteiger partial charge in [0.05, 0.1) is 5.25 Å². The topological polar surface area (TPSA) is 66.6 Å². The van der Waals surface area contributed by atoms with Gasteiger partial charge in [-0.2, -0.15) is 4.31 Å². The van der Waals surface area contributed by atoms with Crippen molar-refractivity contribution in [3.05, 3.63) is 0 Å². The normalized spacial score (nSPS) is 26.9. The Bertz CT molecular complexity index is 314. The van der Waals surface area contributed by atoms with E-state index in [0.29, 0.717) is 19.5 Å². The van der Waals surface area contributed by atoms with Gasteiger partial charge in [0.2, 0.25) is 10.0 Å². The summed E-state index contributed by atoms with van der Waals surface area (Å²) in [6.45, 7) is 6.08. The van der Waals surface area contributed by atoms with Gasteiger partial charge in [-0.25, -0.2) is 8.42 Å². The summed E-state index contributed by atoms with van der Waals surface area (Å²) in [6, 6.07) is 0.277. The lowest BCUT2D eigenvalue weighted by molar-refractivity contribution is 0.158. The van der Waals surface area contributed by atoms with E-state index in [9.17, 15) is 8.42 Å². The van der Waals surface area contributed by atoms with Crippen molar-refractivity contribution in [2.75, 3.05) is 33.2 Å². The van der Waals surface area contributed by atoms with Crippen molar-refractivity contribution in [3.8, 4) is 0 Å². The largest absolute Gasteiger partial charge is 0.329 e. The molecule has 2 unspecified atom stereocenters. The number of hydrogen-bond acceptors (Lipinski definition) is 4. The maximum atomic E-state index is 12.2. The maximum Gasteiger partial charge on any atom is 0.218 e. The van der Waals surface area contributed by atoms with E-state index >= 15 is 0 Å². The predicted molar refractivity (Wildman–Crippen MR) is 65.7 cm³/mol. The smallest absolute Gasteiger partial charge is 0.218 e. The first-order valence-corrected chi connectivity index (χ1v) is 7.33. The molecule has 6 heteroatoms. The quantitative estimate of drug-likeness (QED) is 0.742. The van der Waals surface area contributed by atoms with Gasteiger partial charge in [-0.15, -0.1) is 0 Å². The van der Waals surface area contributed by atoms with Crippen LogP contribution in [0.3, 0.4) is 0 Å². The second-order valence-corrected chi connectivity index (χ2v) is 6.71. The number of sulfonamides is 1. The SMILES string of the molecule is CCC(CN)S(=O)(=O)N1CCN(C)C(C)C1. The summed E-state index contributed by atoms with van der Waals surface area (Å²) in [5, 5.41) is -0.428. The monoisotopic (exact) mass is 249 g/mol. The van der Waals surface area contributed by atoms with Crippen molar-refractivity contribution < 1.29 is 8.42 Å². The first kappa shape index (κ1) is 13.9. The minimum Gasteiger partial charge on any atom is -0.329 e. The van der Waals surface area contributed by atoms with Gasteiger partial charge in [-0.3, -0.25) is 0 Å². The summed E-state index contributed by atoms with van der Waals surface area (Å²) in [4.78, 5) is 2.18. The third kappa shape index (κ3) is 2.74. The summed E-state index contributed by atoms with van der Waals surface area (Å²) in [7, 11) is -1.18. The highest BCUT2D eigenvalue weighted by Crippen LogP contribution is 2.16. The van der Waals surface area contributed by atoms with Crippen LogP contribution >= 0.6 is 0 Å². The Morgan fingerprint density at radius 3 is 2.50 bits per heavy atom. The molecule has 1 rings (SSSR count). The van der Waals surface area contributed by atoms with Crippen LogP contribution in [0.25, 0.3) is 0 Å². The van der Waals surface area contributed by atoms with Crippen LogP contribution in [-0.2, 0) is 10.0 Å². The highest BCUT2D eigenvalue weighted by molar-refractivity contribution is 7.89. The molecule has 0 aromatic rings. The molecule has 2 N–H and O–H groups in total. The highest BCUT2D eigenvalue weighted by atomic mass is 32.2. The Kier molecular flexibility index (Phi) is 4.73. The predicted octanol–water partition coefficient (Wildman–Crippen LogP) is -0.311. The molecular weight excluding hydrogens is 226 g/mol. The molecule has 1 fully saturated rings. The number of nitrogens with zero attached hydrogens (tertiary/aromatic N) is 2. The van der Waals surface area contributed by atoms with Crippen LogP contribution in [0.5, 0.6) is 0 Å². The number of rotatable bonds is 4. The lowest BCUT2D eigenvalue weighted by Crippen LogP contribution is -2.54. The van der Waals surface area contributed by atoms with Gasteiger partial charge in [0.1, 0.15) is 0 Å². The van der Waals surface area contributed by atoms with Crippen LogP contribution < -0.4 is 5.73 Å². The molecule has 96 valence electrons. The Labute approximate surface area is 98.6 Å². The van der Waals surface area contributed by atoms with E-state index in [1.165, 1.54) is 0 Å². The molecular formula is C10H23N3O2S. The van der Waals surface area contributed by atoms with Crippen molar-refractivity contribution in [2.45, 2.75) is 31.6 Å². The molecule has 5 nitrogen and oxygen atoms in total. The fourth-order valence-corrected chi connectivity index (χ4v) is 3.80. The van der Waals surface area contributed by atoms with Crippen LogP contribution in [0.1, 0.15) is 20.3 Å². The Morgan fingerprint density at radius 1 is 1.44 bits per heavy atom. The van der Waals surface area contributed by atoms with Gasteiger partial charge in [0.25, 0.3) is 0 Å². The summed E-state index contributed by atoms with van der Waals surface area (Å²) in [5.41, 5.74) is 5.52. The van der Waals surface area contributed by atoms with Crippen molar-refractivity contribution in [3.63, 3.8) is 0 Å². The average Bonchev–Trinajstić information content (AvgIpc) is 2.23. The molecule has 0 aliphatic carbocycles. The Morgan fingerprint density at radius 2 is 2.06 bits per heavy atom. The molecule has 0 amide bonds. The molecule has 0 spiro atoms. The van der Waals surface area contributed by atoms with Gasteiger partial charge in [0.15, 0.2) is 0 Å². The maximum absolute atomic E-state index is 12.2. The molecule has 1 saturated heterocycles. The van der Waals surface area contributed by atoms with E-state index in [1.54, 1.807) is 4.31 Å². The summed E-state index contributed by atoms with van der Waals surface area (Å²) < 4.78 is 26.1. The van der Waals surface area contributed by atoms with E-state index < -0.39 is 15.3 Å². The van der Waals surface area contributed by atoms with E-state index in [2.05, 4.69) is 4.90 Å². The van der Waals surface area contributed by atoms with Crippen LogP contribution in [0, 0.1) is 0 Å². The minimum absolute atomic E-state index is 0.208. The third-order valence-electron chi connectivity index (χ3n) is 3.42. The lowest BCUT2D eigenvalue weighted by atomic mass is 10.2. The van der Waals surface area contributed by atoms with Crippen molar-refractivity contribution >= 4 is 10.0 Å². The van der Waals surface area contributed by atoms with Crippen molar-refractivity contribution in [1.29, 1.82) is 0 Å². The Hall–Kier alpha value is -0.170. The molecule has 0 aromatic carbocycles. The fraction of sp³-hybridized carbons (Fsp3) is 1.00. The van der Waals surface area contributed by atoms with E-state index in [-0.39, 0.29) is 12.6 Å². The molecule has 2 atom stereocenters. The number of likely N-dealkylation sites (N-methyl/N-ethyl adjacent to an activating group) is 1. The first-order valence-electron chi connectivity index (χ1n) is 5.82. The van der Waals surface area contributed by atoms with Gasteiger partial charge in [0, 0.05) is 32.2 Å². The van der Waals surface area contributed by atoms with Gasteiger partial charge >= 0.3 is 0 Å². The van der Waals surface area contributed by atoms with Crippen LogP contribution in [-0.4, -0.2) is 62.1 Å². The highest BCUT2D eigenvalue weighted by Gasteiger charge is 2.33. The third-order valence-corrected chi connectivity index (χ3v) is 5.84. The molecule has 16 heavy (non-hydrogen) atoms. The van der Waals surface area contributed by atoms with Crippen LogP contribution in [0.2, 0.25) is 0 Å². The molecule has 1 heterocycles. The Balaban J connectivity index is 2.77. The zero-order valence-electron chi connectivity index (χ0n) is 10.4. The number of piperazine rings is 1. The first-order chi connectivity index (χ1) is 7.43. The summed E-state index contributed by atoms with van der Waals surface area (Å²) >= 11 is 0. The molecule has 0 saturated carbocycles. The summed E-state index contributed by atoms with van der Waals surface area (Å²) in [5.74, 6) is 0. The zero-order chi connectivity index (χ0) is 12.3. The molecule has 0 aromatic heterocycles. The van der Waals surface area contributed by atoms with Crippen LogP contribution in [0.15, 0.2) is 0 Å². The minimum atomic E-state index is -3.20. The fourth-order valence-electron chi connectivity index (χ4n) is 1.96. The second kappa shape index (κ2) is 5.44. The number of nitrogens with two attached hydrogens (primary N) is 1. The molecule has 0 radical (unpaired) electrons. The van der Waals surface area contributed by atoms with E-state index in [0.717, 1.165) is 6.54 Å². The molecule has 1 aliphatic rings. The zero-order valence-corrected chi connectivity index (χ0v) is 11.2. The van der Waals surface area contributed by atoms with E-state index in [1.807, 2.05) is 20.9 Å². The second-order valence-electron chi connectivity index (χ2n) is 4.50. The van der Waals surface area contributed by atoms with Gasteiger partial charge in [-0.1, -0.05) is 6.92 Å². The van der Waals surface area contributed by atoms with Crippen molar-refractivity contribution in [1.82, 2.24) is 9.21 Å². The van der Waals surface area contributed by atoms with Gasteiger partial charge in [-0.05, 0) is 20.4 Å².